The number of amides is 1. The van der Waals surface area contributed by atoms with Crippen molar-refractivity contribution in [3.8, 4) is 0 Å². The van der Waals surface area contributed by atoms with E-state index in [4.69, 9.17) is 9.47 Å². The van der Waals surface area contributed by atoms with Gasteiger partial charge >= 0.3 is 0 Å². The summed E-state index contributed by atoms with van der Waals surface area (Å²) in [5.41, 5.74) is 3.02. The van der Waals surface area contributed by atoms with Crippen molar-refractivity contribution in [2.75, 3.05) is 32.6 Å². The first-order valence-electron chi connectivity index (χ1n) is 8.00. The van der Waals surface area contributed by atoms with Crippen LogP contribution in [0.3, 0.4) is 0 Å². The van der Waals surface area contributed by atoms with Gasteiger partial charge in [-0.15, -0.1) is 11.3 Å². The summed E-state index contributed by atoms with van der Waals surface area (Å²) in [6, 6.07) is -0.0635. The van der Waals surface area contributed by atoms with Crippen LogP contribution in [0.1, 0.15) is 22.6 Å². The average Bonchev–Trinajstić information content (AvgIpc) is 3.14. The number of anilines is 1. The number of aromatic nitrogens is 3. The molecular formula is C16H21N5O3S. The number of carbonyl (C=O) groups is 1. The first-order valence-corrected chi connectivity index (χ1v) is 8.94. The van der Waals surface area contributed by atoms with Crippen LogP contribution in [0, 0.1) is 0 Å². The number of rotatable bonds is 6. The number of nitrogens with zero attached hydrogens (tertiary/aromatic N) is 4. The van der Waals surface area contributed by atoms with Crippen LogP contribution in [0.2, 0.25) is 0 Å². The van der Waals surface area contributed by atoms with Crippen molar-refractivity contribution < 1.29 is 14.3 Å². The second kappa shape index (κ2) is 8.32. The fourth-order valence-corrected chi connectivity index (χ4v) is 3.05. The lowest BCUT2D eigenvalue weighted by atomic mass is 10.1. The fraction of sp³-hybridized carbons (Fsp3) is 0.500. The summed E-state index contributed by atoms with van der Waals surface area (Å²) >= 11 is 1.55. The van der Waals surface area contributed by atoms with Crippen LogP contribution in [-0.4, -0.2) is 65.2 Å². The molecule has 0 aliphatic carbocycles. The molecule has 0 radical (unpaired) electrons. The van der Waals surface area contributed by atoms with Crippen molar-refractivity contribution in [1.29, 1.82) is 0 Å². The zero-order valence-electron chi connectivity index (χ0n) is 14.2. The molecule has 9 heteroatoms. The third-order valence-corrected chi connectivity index (χ3v) is 4.45. The molecule has 1 aliphatic heterocycles. The highest BCUT2D eigenvalue weighted by Gasteiger charge is 2.27. The number of hydrogen-bond donors (Lipinski definition) is 1. The van der Waals surface area contributed by atoms with Crippen LogP contribution < -0.4 is 5.32 Å². The van der Waals surface area contributed by atoms with Crippen molar-refractivity contribution in [2.45, 2.75) is 25.2 Å². The van der Waals surface area contributed by atoms with Crippen LogP contribution in [0.15, 0.2) is 23.3 Å². The smallest absolute Gasteiger partial charge is 0.273 e. The second-order valence-corrected chi connectivity index (χ2v) is 6.65. The minimum atomic E-state index is -0.188. The second-order valence-electron chi connectivity index (χ2n) is 5.93. The molecule has 134 valence electrons. The van der Waals surface area contributed by atoms with Crippen molar-refractivity contribution >= 4 is 23.1 Å². The van der Waals surface area contributed by atoms with Gasteiger partial charge in [-0.3, -0.25) is 9.78 Å². The molecule has 1 amide bonds. The Bertz CT molecular complexity index is 695. The molecular weight excluding hydrogens is 342 g/mol. The number of ether oxygens (including phenoxy) is 2. The predicted molar refractivity (Wildman–Crippen MR) is 93.6 cm³/mol. The number of thiazole rings is 1. The van der Waals surface area contributed by atoms with Crippen molar-refractivity contribution in [3.05, 3.63) is 34.7 Å². The van der Waals surface area contributed by atoms with E-state index >= 15 is 0 Å². The SMILES string of the molecule is CN(C)C(=O)c1cncc(N[C@@H]2COCC[C@@H]2OCc2cscn2)n1. The van der Waals surface area contributed by atoms with Gasteiger partial charge in [0, 0.05) is 26.1 Å². The highest BCUT2D eigenvalue weighted by Crippen LogP contribution is 2.18. The average molecular weight is 363 g/mol. The molecule has 0 unspecified atom stereocenters. The normalized spacial score (nSPS) is 20.2. The summed E-state index contributed by atoms with van der Waals surface area (Å²) in [5, 5.41) is 5.26. The molecule has 2 atom stereocenters. The Kier molecular flexibility index (Phi) is 5.90. The molecule has 0 aromatic carbocycles. The highest BCUT2D eigenvalue weighted by atomic mass is 32.1. The summed E-state index contributed by atoms with van der Waals surface area (Å²) < 4.78 is 11.6. The molecule has 1 aliphatic rings. The van der Waals surface area contributed by atoms with Crippen LogP contribution in [0.5, 0.6) is 0 Å². The van der Waals surface area contributed by atoms with Crippen LogP contribution in [-0.2, 0) is 16.1 Å². The number of hydrogen-bond acceptors (Lipinski definition) is 8. The number of nitrogens with one attached hydrogen (secondary N) is 1. The summed E-state index contributed by atoms with van der Waals surface area (Å²) in [7, 11) is 3.36. The monoisotopic (exact) mass is 363 g/mol. The van der Waals surface area contributed by atoms with E-state index in [1.807, 2.05) is 5.38 Å². The summed E-state index contributed by atoms with van der Waals surface area (Å²) in [6.07, 6.45) is 3.82. The number of carbonyl (C=O) groups excluding carboxylic acids is 1. The van der Waals surface area contributed by atoms with Crippen molar-refractivity contribution in [3.63, 3.8) is 0 Å². The summed E-state index contributed by atoms with van der Waals surface area (Å²) in [5.74, 6) is 0.345. The first-order chi connectivity index (χ1) is 12.1. The fourth-order valence-electron chi connectivity index (χ4n) is 2.51. The Balaban J connectivity index is 1.65. The quantitative estimate of drug-likeness (QED) is 0.830. The van der Waals surface area contributed by atoms with Gasteiger partial charge in [-0.05, 0) is 6.42 Å². The van der Waals surface area contributed by atoms with Crippen LogP contribution in [0.25, 0.3) is 0 Å². The molecule has 8 nitrogen and oxygen atoms in total. The van der Waals surface area contributed by atoms with Gasteiger partial charge in [0.25, 0.3) is 5.91 Å². The van der Waals surface area contributed by atoms with E-state index < -0.39 is 0 Å². The van der Waals surface area contributed by atoms with E-state index in [2.05, 4.69) is 20.3 Å². The summed E-state index contributed by atoms with van der Waals surface area (Å²) in [4.78, 5) is 26.2. The van der Waals surface area contributed by atoms with E-state index in [0.717, 1.165) is 12.1 Å². The maximum absolute atomic E-state index is 12.0. The van der Waals surface area contributed by atoms with Gasteiger partial charge in [0.15, 0.2) is 0 Å². The molecule has 1 N–H and O–H groups in total. The lowest BCUT2D eigenvalue weighted by molar-refractivity contribution is -0.0486. The van der Waals surface area contributed by atoms with Gasteiger partial charge in [-0.1, -0.05) is 0 Å². The summed E-state index contributed by atoms with van der Waals surface area (Å²) in [6.45, 7) is 1.64. The maximum atomic E-state index is 12.0. The Labute approximate surface area is 150 Å². The van der Waals surface area contributed by atoms with E-state index in [0.29, 0.717) is 31.3 Å². The lowest BCUT2D eigenvalue weighted by Crippen LogP contribution is -2.44. The minimum absolute atomic E-state index is 0.0227. The van der Waals surface area contributed by atoms with Crippen molar-refractivity contribution in [1.82, 2.24) is 19.9 Å². The van der Waals surface area contributed by atoms with Crippen LogP contribution in [0.4, 0.5) is 5.82 Å². The standard InChI is InChI=1S/C16H21N5O3S/c1-21(2)16(22)12-5-17-6-15(19-12)20-13-8-23-4-3-14(13)24-7-11-9-25-10-18-11/h5-6,9-10,13-14H,3-4,7-8H2,1-2H3,(H,19,20)/t13-,14+/m1/s1. The van der Waals surface area contributed by atoms with Gasteiger partial charge in [0.1, 0.15) is 11.5 Å². The van der Waals surface area contributed by atoms with Gasteiger partial charge in [0.05, 0.1) is 49.0 Å². The van der Waals surface area contributed by atoms with Crippen molar-refractivity contribution in [2.24, 2.45) is 0 Å². The molecule has 2 aromatic rings. The Morgan fingerprint density at radius 3 is 3.12 bits per heavy atom. The zero-order chi connectivity index (χ0) is 17.6. The van der Waals surface area contributed by atoms with E-state index in [1.54, 1.807) is 37.1 Å². The topological polar surface area (TPSA) is 89.5 Å². The Morgan fingerprint density at radius 1 is 1.48 bits per heavy atom. The van der Waals surface area contributed by atoms with Gasteiger partial charge < -0.3 is 19.7 Å². The van der Waals surface area contributed by atoms with Gasteiger partial charge in [-0.25, -0.2) is 9.97 Å². The van der Waals surface area contributed by atoms with Crippen LogP contribution >= 0.6 is 11.3 Å². The van der Waals surface area contributed by atoms with E-state index in [-0.39, 0.29) is 18.1 Å². The minimum Gasteiger partial charge on any atom is -0.379 e. The Morgan fingerprint density at radius 2 is 2.36 bits per heavy atom. The molecule has 0 saturated carbocycles. The molecule has 1 saturated heterocycles. The van der Waals surface area contributed by atoms with E-state index in [9.17, 15) is 4.79 Å². The molecule has 0 bridgehead atoms. The molecule has 2 aromatic heterocycles. The van der Waals surface area contributed by atoms with Gasteiger partial charge in [-0.2, -0.15) is 0 Å². The molecule has 1 fully saturated rings. The van der Waals surface area contributed by atoms with Gasteiger partial charge in [0.2, 0.25) is 0 Å². The molecule has 25 heavy (non-hydrogen) atoms. The third-order valence-electron chi connectivity index (χ3n) is 3.81. The highest BCUT2D eigenvalue weighted by molar-refractivity contribution is 7.07. The third kappa shape index (κ3) is 4.71. The maximum Gasteiger partial charge on any atom is 0.273 e. The first kappa shape index (κ1) is 17.7. The Hall–Kier alpha value is -2.10. The predicted octanol–water partition coefficient (Wildman–Crippen LogP) is 1.42. The molecule has 0 spiro atoms. The van der Waals surface area contributed by atoms with E-state index in [1.165, 1.54) is 11.1 Å². The molecule has 3 heterocycles. The largest absolute Gasteiger partial charge is 0.379 e. The molecule has 3 rings (SSSR count). The lowest BCUT2D eigenvalue weighted by Gasteiger charge is -2.32. The zero-order valence-corrected chi connectivity index (χ0v) is 15.0.